The van der Waals surface area contributed by atoms with E-state index in [9.17, 15) is 0 Å². The van der Waals surface area contributed by atoms with Crippen LogP contribution in [-0.4, -0.2) is 9.55 Å². The number of hydrogen-bond donors (Lipinski definition) is 0. The molecule has 0 aliphatic carbocycles. The molecule has 0 saturated heterocycles. The van der Waals surface area contributed by atoms with E-state index < -0.39 is 0 Å². The number of rotatable bonds is 1. The monoisotopic (exact) mass is 188 g/mol. The van der Waals surface area contributed by atoms with E-state index in [4.69, 9.17) is 0 Å². The van der Waals surface area contributed by atoms with Crippen LogP contribution < -0.4 is 0 Å². The van der Waals surface area contributed by atoms with E-state index in [0.29, 0.717) is 0 Å². The first-order valence-corrected chi connectivity index (χ1v) is 3.41. The summed E-state index contributed by atoms with van der Waals surface area (Å²) in [4.78, 5) is 3.95. The Morgan fingerprint density at radius 3 is 2.58 bits per heavy atom. The summed E-state index contributed by atoms with van der Waals surface area (Å²) < 4.78 is 1.95. The summed E-state index contributed by atoms with van der Waals surface area (Å²) in [6, 6.07) is 10.7. The van der Waals surface area contributed by atoms with Gasteiger partial charge in [0.05, 0.1) is 6.33 Å². The van der Waals surface area contributed by atoms with Gasteiger partial charge in [-0.15, -0.1) is 0 Å². The fourth-order valence-corrected chi connectivity index (χ4v) is 0.962. The van der Waals surface area contributed by atoms with Crippen LogP contribution in [0.1, 0.15) is 0 Å². The molecule has 56 valence electrons. The van der Waals surface area contributed by atoms with Crippen LogP contribution in [0.5, 0.6) is 0 Å². The third-order valence-electron chi connectivity index (χ3n) is 1.50. The maximum Gasteiger partial charge on any atom is 0.0991 e. The first-order chi connectivity index (χ1) is 5.47. The van der Waals surface area contributed by atoms with E-state index >= 15 is 0 Å². The molecule has 0 aliphatic heterocycles. The molecule has 2 radical (unpaired) electrons. The van der Waals surface area contributed by atoms with Gasteiger partial charge in [-0.05, 0) is 18.2 Å². The summed E-state index contributed by atoms with van der Waals surface area (Å²) in [6.45, 7) is 0. The molecule has 2 rings (SSSR count). The largest absolute Gasteiger partial charge is 0.306 e. The molecule has 1 aromatic heterocycles. The quantitative estimate of drug-likeness (QED) is 0.665. The number of benzene rings is 1. The average Bonchev–Trinajstić information content (AvgIpc) is 2.58. The number of imidazole rings is 1. The summed E-state index contributed by atoms with van der Waals surface area (Å²) in [5, 5.41) is 0. The van der Waals surface area contributed by atoms with E-state index in [1.54, 1.807) is 12.5 Å². The van der Waals surface area contributed by atoms with Crippen molar-refractivity contribution in [3.05, 3.63) is 49.1 Å². The van der Waals surface area contributed by atoms with Crippen LogP contribution in [0.15, 0.2) is 43.0 Å². The van der Waals surface area contributed by atoms with Crippen LogP contribution in [0.25, 0.3) is 5.69 Å². The van der Waals surface area contributed by atoms with E-state index in [-0.39, 0.29) is 25.8 Å². The summed E-state index contributed by atoms with van der Waals surface area (Å²) in [7, 11) is 0. The Morgan fingerprint density at radius 2 is 2.00 bits per heavy atom. The van der Waals surface area contributed by atoms with Gasteiger partial charge in [-0.3, -0.25) is 0 Å². The third kappa shape index (κ3) is 1.91. The van der Waals surface area contributed by atoms with Crippen molar-refractivity contribution in [3.63, 3.8) is 0 Å². The van der Waals surface area contributed by atoms with Gasteiger partial charge in [-0.2, -0.15) is 0 Å². The Morgan fingerprint density at radius 1 is 1.25 bits per heavy atom. The summed E-state index contributed by atoms with van der Waals surface area (Å²) in [6.07, 6.45) is 5.45. The van der Waals surface area contributed by atoms with Crippen molar-refractivity contribution in [3.8, 4) is 5.69 Å². The zero-order chi connectivity index (χ0) is 7.52. The molecule has 0 saturated carbocycles. The molecular weight excluding hydrogens is 181 g/mol. The zero-order valence-electron chi connectivity index (χ0n) is 6.51. The van der Waals surface area contributed by atoms with Crippen molar-refractivity contribution >= 4 is 0 Å². The van der Waals surface area contributed by atoms with Crippen molar-refractivity contribution in [2.45, 2.75) is 0 Å². The smallest absolute Gasteiger partial charge is 0.0991 e. The molecule has 0 aliphatic rings. The van der Waals surface area contributed by atoms with Gasteiger partial charge in [0.2, 0.25) is 0 Å². The maximum absolute atomic E-state index is 3.95. The Balaban J connectivity index is 0.000000720. The number of nitrogens with zero attached hydrogens (tertiary/aromatic N) is 2. The molecule has 0 bridgehead atoms. The van der Waals surface area contributed by atoms with Gasteiger partial charge < -0.3 is 4.57 Å². The van der Waals surface area contributed by atoms with Crippen LogP contribution in [0, 0.1) is 6.07 Å². The fraction of sp³-hybridized carbons (Fsp3) is 0. The van der Waals surface area contributed by atoms with Gasteiger partial charge in [0.1, 0.15) is 0 Å². The zero-order valence-corrected chi connectivity index (χ0v) is 8.32. The molecule has 1 aromatic carbocycles. The topological polar surface area (TPSA) is 17.8 Å². The molecule has 0 spiro atoms. The molecule has 0 unspecified atom stereocenters. The van der Waals surface area contributed by atoms with Gasteiger partial charge in [-0.25, -0.2) is 4.98 Å². The minimum atomic E-state index is 0. The fourth-order valence-electron chi connectivity index (χ4n) is 0.962. The van der Waals surface area contributed by atoms with Crippen LogP contribution in [0.2, 0.25) is 0 Å². The second-order valence-electron chi connectivity index (χ2n) is 2.23. The summed E-state index contributed by atoms with van der Waals surface area (Å²) in [5.74, 6) is 0. The Bertz CT molecular complexity index is 316. The van der Waals surface area contributed by atoms with Gasteiger partial charge in [0, 0.05) is 43.9 Å². The van der Waals surface area contributed by atoms with E-state index in [0.717, 1.165) is 5.69 Å². The Labute approximate surface area is 90.0 Å². The predicted octanol–water partition coefficient (Wildman–Crippen LogP) is 1.67. The van der Waals surface area contributed by atoms with E-state index in [1.807, 2.05) is 35.0 Å². The van der Waals surface area contributed by atoms with Crippen molar-refractivity contribution < 1.29 is 25.8 Å². The minimum Gasteiger partial charge on any atom is -0.306 e. The summed E-state index contributed by atoms with van der Waals surface area (Å²) in [5.41, 5.74) is 1.11. The molecular formula is C9H7N2Sc. The molecule has 1 heterocycles. The van der Waals surface area contributed by atoms with E-state index in [1.165, 1.54) is 0 Å². The van der Waals surface area contributed by atoms with Crippen LogP contribution in [-0.2, 0) is 25.8 Å². The molecule has 0 amide bonds. The minimum absolute atomic E-state index is 0. The Hall–Kier alpha value is -0.700. The number of hydrogen-bond acceptors (Lipinski definition) is 1. The number of aromatic nitrogens is 2. The van der Waals surface area contributed by atoms with Gasteiger partial charge in [0.15, 0.2) is 0 Å². The molecule has 2 aromatic rings. The van der Waals surface area contributed by atoms with Crippen molar-refractivity contribution in [1.29, 1.82) is 0 Å². The molecule has 0 fully saturated rings. The molecule has 12 heavy (non-hydrogen) atoms. The SMILES string of the molecule is [Sc].[c]1ccc(-n2ccnc2)cc1. The maximum atomic E-state index is 3.95. The van der Waals surface area contributed by atoms with Crippen LogP contribution in [0.3, 0.4) is 0 Å². The van der Waals surface area contributed by atoms with Gasteiger partial charge in [-0.1, -0.05) is 12.1 Å². The Kier molecular flexibility index (Phi) is 3.41. The molecule has 0 atom stereocenters. The normalized spacial score (nSPS) is 9.00. The van der Waals surface area contributed by atoms with Crippen molar-refractivity contribution in [1.82, 2.24) is 9.55 Å². The third-order valence-corrected chi connectivity index (χ3v) is 1.50. The standard InChI is InChI=1S/C9H7N2.Sc/c1-2-4-9(5-3-1)11-7-6-10-8-11;/h2-8H;. The summed E-state index contributed by atoms with van der Waals surface area (Å²) >= 11 is 0. The molecule has 2 nitrogen and oxygen atoms in total. The van der Waals surface area contributed by atoms with Gasteiger partial charge >= 0.3 is 0 Å². The van der Waals surface area contributed by atoms with Crippen molar-refractivity contribution in [2.75, 3.05) is 0 Å². The molecule has 3 heteroatoms. The first-order valence-electron chi connectivity index (χ1n) is 3.41. The van der Waals surface area contributed by atoms with Gasteiger partial charge in [0.25, 0.3) is 0 Å². The second kappa shape index (κ2) is 4.36. The average molecular weight is 188 g/mol. The predicted molar refractivity (Wildman–Crippen MR) is 42.4 cm³/mol. The van der Waals surface area contributed by atoms with Crippen LogP contribution >= 0.6 is 0 Å². The van der Waals surface area contributed by atoms with Crippen LogP contribution in [0.4, 0.5) is 0 Å². The van der Waals surface area contributed by atoms with Crippen molar-refractivity contribution in [2.24, 2.45) is 0 Å². The first kappa shape index (κ1) is 9.39. The molecule has 0 N–H and O–H groups in total. The van der Waals surface area contributed by atoms with E-state index in [2.05, 4.69) is 11.1 Å². The second-order valence-corrected chi connectivity index (χ2v) is 2.23.